The molecule has 0 spiro atoms. The van der Waals surface area contributed by atoms with Crippen LogP contribution in [0.3, 0.4) is 0 Å². The van der Waals surface area contributed by atoms with Crippen LogP contribution in [-0.4, -0.2) is 4.98 Å². The minimum absolute atomic E-state index is 0.424. The molecule has 1 aliphatic rings. The lowest BCUT2D eigenvalue weighted by atomic mass is 9.96. The molecule has 1 nitrogen and oxygen atoms in total. The van der Waals surface area contributed by atoms with E-state index in [1.165, 1.54) is 24.1 Å². The predicted octanol–water partition coefficient (Wildman–Crippen LogP) is 2.39. The number of fused-ring (bicyclic) bond motifs is 1. The molecule has 1 unspecified atom stereocenters. The van der Waals surface area contributed by atoms with Crippen molar-refractivity contribution < 1.29 is 0 Å². The van der Waals surface area contributed by atoms with Crippen molar-refractivity contribution >= 4 is 12.6 Å². The van der Waals surface area contributed by atoms with Crippen LogP contribution < -0.4 is 0 Å². The van der Waals surface area contributed by atoms with Crippen molar-refractivity contribution in [1.82, 2.24) is 4.98 Å². The van der Waals surface area contributed by atoms with Gasteiger partial charge in [0.1, 0.15) is 0 Å². The van der Waals surface area contributed by atoms with Gasteiger partial charge in [-0.1, -0.05) is 6.07 Å². The van der Waals surface area contributed by atoms with E-state index in [2.05, 4.69) is 23.7 Å². The van der Waals surface area contributed by atoms with Crippen molar-refractivity contribution in [2.24, 2.45) is 0 Å². The lowest BCUT2D eigenvalue weighted by Crippen LogP contribution is -2.06. The highest BCUT2D eigenvalue weighted by Gasteiger charge is 2.16. The molecule has 0 N–H and O–H groups in total. The standard InChI is InChI=1S/C9H11NS/c11-9-5-1-4-8-7(9)3-2-6-10-8/h2-3,6,9,11H,1,4-5H2. The maximum atomic E-state index is 4.50. The average Bonchev–Trinajstić information content (AvgIpc) is 2.06. The fraction of sp³-hybridized carbons (Fsp3) is 0.444. The highest BCUT2D eigenvalue weighted by molar-refractivity contribution is 7.80. The van der Waals surface area contributed by atoms with Crippen molar-refractivity contribution in [2.75, 3.05) is 0 Å². The first-order valence-electron chi connectivity index (χ1n) is 4.00. The van der Waals surface area contributed by atoms with E-state index in [4.69, 9.17) is 0 Å². The molecule has 2 heteroatoms. The third-order valence-electron chi connectivity index (χ3n) is 2.18. The van der Waals surface area contributed by atoms with Gasteiger partial charge in [0.2, 0.25) is 0 Å². The smallest absolute Gasteiger partial charge is 0.0446 e. The van der Waals surface area contributed by atoms with Crippen molar-refractivity contribution in [3.63, 3.8) is 0 Å². The Morgan fingerprint density at radius 1 is 1.55 bits per heavy atom. The van der Waals surface area contributed by atoms with Crippen LogP contribution in [0.1, 0.15) is 29.3 Å². The van der Waals surface area contributed by atoms with Crippen LogP contribution >= 0.6 is 12.6 Å². The maximum absolute atomic E-state index is 4.50. The topological polar surface area (TPSA) is 12.9 Å². The van der Waals surface area contributed by atoms with Gasteiger partial charge >= 0.3 is 0 Å². The van der Waals surface area contributed by atoms with E-state index in [-0.39, 0.29) is 0 Å². The van der Waals surface area contributed by atoms with Crippen LogP contribution in [0.5, 0.6) is 0 Å². The van der Waals surface area contributed by atoms with Crippen molar-refractivity contribution in [3.05, 3.63) is 29.6 Å². The number of pyridine rings is 1. The minimum atomic E-state index is 0.424. The second kappa shape index (κ2) is 2.86. The molecule has 1 atom stereocenters. The molecular weight excluding hydrogens is 154 g/mol. The van der Waals surface area contributed by atoms with Gasteiger partial charge in [0.25, 0.3) is 0 Å². The van der Waals surface area contributed by atoms with Crippen LogP contribution in [-0.2, 0) is 6.42 Å². The molecule has 0 saturated carbocycles. The third-order valence-corrected chi connectivity index (χ3v) is 2.71. The summed E-state index contributed by atoms with van der Waals surface area (Å²) < 4.78 is 0. The number of thiol groups is 1. The zero-order valence-electron chi connectivity index (χ0n) is 6.33. The quantitative estimate of drug-likeness (QED) is 0.582. The lowest BCUT2D eigenvalue weighted by molar-refractivity contribution is 0.659. The Morgan fingerprint density at radius 3 is 3.27 bits per heavy atom. The first-order valence-corrected chi connectivity index (χ1v) is 4.51. The highest BCUT2D eigenvalue weighted by Crippen LogP contribution is 2.32. The lowest BCUT2D eigenvalue weighted by Gasteiger charge is -2.19. The molecule has 1 aliphatic carbocycles. The normalized spacial score (nSPS) is 22.8. The molecule has 0 aromatic carbocycles. The second-order valence-corrected chi connectivity index (χ2v) is 3.57. The minimum Gasteiger partial charge on any atom is -0.261 e. The SMILES string of the molecule is SC1CCCc2ncccc21. The molecule has 0 aliphatic heterocycles. The Morgan fingerprint density at radius 2 is 2.45 bits per heavy atom. The molecule has 1 aromatic rings. The van der Waals surface area contributed by atoms with Gasteiger partial charge in [0, 0.05) is 17.1 Å². The fourth-order valence-electron chi connectivity index (χ4n) is 1.58. The summed E-state index contributed by atoms with van der Waals surface area (Å²) in [5, 5.41) is 0.424. The maximum Gasteiger partial charge on any atom is 0.0446 e. The van der Waals surface area contributed by atoms with Gasteiger partial charge in [-0.25, -0.2) is 0 Å². The molecule has 0 fully saturated rings. The molecule has 0 saturated heterocycles. The number of rotatable bonds is 0. The summed E-state index contributed by atoms with van der Waals surface area (Å²) in [4.78, 5) is 4.32. The van der Waals surface area contributed by atoms with Crippen LogP contribution in [0.15, 0.2) is 18.3 Å². The van der Waals surface area contributed by atoms with Gasteiger partial charge in [-0.3, -0.25) is 4.98 Å². The predicted molar refractivity (Wildman–Crippen MR) is 48.9 cm³/mol. The summed E-state index contributed by atoms with van der Waals surface area (Å²) >= 11 is 4.50. The third kappa shape index (κ3) is 1.27. The first kappa shape index (κ1) is 7.17. The largest absolute Gasteiger partial charge is 0.261 e. The van der Waals surface area contributed by atoms with E-state index in [1.807, 2.05) is 12.3 Å². The summed E-state index contributed by atoms with van der Waals surface area (Å²) in [6, 6.07) is 4.13. The summed E-state index contributed by atoms with van der Waals surface area (Å²) in [5.41, 5.74) is 2.58. The molecular formula is C9H11NS. The molecule has 0 radical (unpaired) electrons. The second-order valence-electron chi connectivity index (χ2n) is 2.95. The van der Waals surface area contributed by atoms with Gasteiger partial charge < -0.3 is 0 Å². The Kier molecular flexibility index (Phi) is 1.86. The Hall–Kier alpha value is -0.500. The van der Waals surface area contributed by atoms with E-state index >= 15 is 0 Å². The molecule has 58 valence electrons. The highest BCUT2D eigenvalue weighted by atomic mass is 32.1. The first-order chi connectivity index (χ1) is 5.38. The van der Waals surface area contributed by atoms with E-state index in [0.29, 0.717) is 5.25 Å². The average molecular weight is 165 g/mol. The summed E-state index contributed by atoms with van der Waals surface area (Å²) in [6.45, 7) is 0. The fourth-order valence-corrected chi connectivity index (χ4v) is 2.00. The summed E-state index contributed by atoms with van der Waals surface area (Å²) in [6.07, 6.45) is 5.43. The van der Waals surface area contributed by atoms with E-state index in [9.17, 15) is 0 Å². The number of aryl methyl sites for hydroxylation is 1. The number of nitrogens with zero attached hydrogens (tertiary/aromatic N) is 1. The van der Waals surface area contributed by atoms with Gasteiger partial charge in [0.05, 0.1) is 0 Å². The van der Waals surface area contributed by atoms with E-state index < -0.39 is 0 Å². The van der Waals surface area contributed by atoms with Crippen molar-refractivity contribution in [2.45, 2.75) is 24.5 Å². The molecule has 1 heterocycles. The van der Waals surface area contributed by atoms with Crippen LogP contribution in [0, 0.1) is 0 Å². The van der Waals surface area contributed by atoms with Gasteiger partial charge in [0.15, 0.2) is 0 Å². The summed E-state index contributed by atoms with van der Waals surface area (Å²) in [7, 11) is 0. The van der Waals surface area contributed by atoms with Gasteiger partial charge in [-0.05, 0) is 30.9 Å². The Labute approximate surface area is 72.3 Å². The van der Waals surface area contributed by atoms with Gasteiger partial charge in [-0.2, -0.15) is 12.6 Å². The molecule has 0 bridgehead atoms. The zero-order chi connectivity index (χ0) is 7.68. The van der Waals surface area contributed by atoms with Crippen LogP contribution in [0.2, 0.25) is 0 Å². The van der Waals surface area contributed by atoms with E-state index in [0.717, 1.165) is 6.42 Å². The monoisotopic (exact) mass is 165 g/mol. The molecule has 1 aromatic heterocycles. The van der Waals surface area contributed by atoms with Gasteiger partial charge in [-0.15, -0.1) is 0 Å². The molecule has 2 rings (SSSR count). The Balaban J connectivity index is 2.44. The van der Waals surface area contributed by atoms with Crippen LogP contribution in [0.25, 0.3) is 0 Å². The Bertz CT molecular complexity index is 259. The van der Waals surface area contributed by atoms with Crippen molar-refractivity contribution in [1.29, 1.82) is 0 Å². The molecule has 0 amide bonds. The number of hydrogen-bond acceptors (Lipinski definition) is 2. The van der Waals surface area contributed by atoms with Crippen LogP contribution in [0.4, 0.5) is 0 Å². The number of hydrogen-bond donors (Lipinski definition) is 1. The van der Waals surface area contributed by atoms with E-state index in [1.54, 1.807) is 0 Å². The molecule has 11 heavy (non-hydrogen) atoms. The number of aromatic nitrogens is 1. The summed E-state index contributed by atoms with van der Waals surface area (Å²) in [5.74, 6) is 0. The van der Waals surface area contributed by atoms with Crippen molar-refractivity contribution in [3.8, 4) is 0 Å². The zero-order valence-corrected chi connectivity index (χ0v) is 7.22.